The lowest BCUT2D eigenvalue weighted by molar-refractivity contribution is -0.122. The molecule has 2 N–H and O–H groups in total. The van der Waals surface area contributed by atoms with Crippen molar-refractivity contribution in [2.45, 2.75) is 57.6 Å². The molecule has 164 valence electrons. The summed E-state index contributed by atoms with van der Waals surface area (Å²) in [5.74, 6) is 1.06. The lowest BCUT2D eigenvalue weighted by Crippen LogP contribution is -2.45. The van der Waals surface area contributed by atoms with Gasteiger partial charge in [-0.1, -0.05) is 17.3 Å². The van der Waals surface area contributed by atoms with E-state index in [2.05, 4.69) is 15.2 Å². The van der Waals surface area contributed by atoms with Gasteiger partial charge < -0.3 is 19.3 Å². The predicted octanol–water partition coefficient (Wildman–Crippen LogP) is 1.87. The maximum atomic E-state index is 12.5. The summed E-state index contributed by atoms with van der Waals surface area (Å²) >= 11 is 0. The predicted molar refractivity (Wildman–Crippen MR) is 109 cm³/mol. The van der Waals surface area contributed by atoms with Crippen LogP contribution < -0.4 is 19.5 Å². The molecule has 1 aromatic carbocycles. The Bertz CT molecular complexity index is 1030. The first-order valence-corrected chi connectivity index (χ1v) is 11.1. The fraction of sp³-hybridized carbons (Fsp3) is 0.500. The number of nitrogens with one attached hydrogen (secondary N) is 2. The van der Waals surface area contributed by atoms with E-state index in [-0.39, 0.29) is 35.1 Å². The van der Waals surface area contributed by atoms with Crippen LogP contribution in [0.3, 0.4) is 0 Å². The average Bonchev–Trinajstić information content (AvgIpc) is 3.15. The van der Waals surface area contributed by atoms with Crippen molar-refractivity contribution in [3.63, 3.8) is 0 Å². The van der Waals surface area contributed by atoms with Crippen LogP contribution in [0.25, 0.3) is 0 Å². The molecule has 0 unspecified atom stereocenters. The molecule has 1 atom stereocenters. The van der Waals surface area contributed by atoms with E-state index < -0.39 is 22.0 Å². The molecule has 0 radical (unpaired) electrons. The van der Waals surface area contributed by atoms with Crippen molar-refractivity contribution in [1.82, 2.24) is 15.2 Å². The molecule has 0 spiro atoms. The van der Waals surface area contributed by atoms with Crippen molar-refractivity contribution >= 4 is 15.9 Å². The Morgan fingerprint density at radius 3 is 2.73 bits per heavy atom. The molecule has 9 nitrogen and oxygen atoms in total. The molecule has 1 aliphatic heterocycles. The molecule has 0 bridgehead atoms. The second kappa shape index (κ2) is 8.27. The molecule has 30 heavy (non-hydrogen) atoms. The SMILES string of the molecule is Cc1noc(C)c1S(=O)(=O)N[C@@H](C)C(=O)NCCOc1cccc2c1OC(C)(C)C2. The normalized spacial score (nSPS) is 15.9. The number of hydrogen-bond acceptors (Lipinski definition) is 7. The number of carbonyl (C=O) groups is 1. The van der Waals surface area contributed by atoms with Gasteiger partial charge in [0.05, 0.1) is 12.6 Å². The van der Waals surface area contributed by atoms with Crippen LogP contribution >= 0.6 is 0 Å². The smallest absolute Gasteiger partial charge is 0.246 e. The fourth-order valence-corrected chi connectivity index (χ4v) is 4.92. The first kappa shape index (κ1) is 22.1. The lowest BCUT2D eigenvalue weighted by atomic mass is 10.0. The second-order valence-electron chi connectivity index (χ2n) is 7.92. The number of ether oxygens (including phenoxy) is 2. The van der Waals surface area contributed by atoms with Crippen LogP contribution in [0.5, 0.6) is 11.5 Å². The van der Waals surface area contributed by atoms with Gasteiger partial charge in [-0.25, -0.2) is 8.42 Å². The minimum atomic E-state index is -3.93. The molecule has 0 fully saturated rings. The minimum absolute atomic E-state index is 0.0497. The first-order chi connectivity index (χ1) is 14.0. The van der Waals surface area contributed by atoms with Gasteiger partial charge in [-0.05, 0) is 40.7 Å². The third-order valence-corrected chi connectivity index (χ3v) is 6.46. The van der Waals surface area contributed by atoms with Gasteiger partial charge in [-0.15, -0.1) is 0 Å². The van der Waals surface area contributed by atoms with Crippen molar-refractivity contribution in [3.05, 3.63) is 35.2 Å². The van der Waals surface area contributed by atoms with E-state index >= 15 is 0 Å². The number of sulfonamides is 1. The maximum absolute atomic E-state index is 12.5. The third-order valence-electron chi connectivity index (χ3n) is 4.68. The summed E-state index contributed by atoms with van der Waals surface area (Å²) < 4.78 is 43.9. The molecule has 3 rings (SSSR count). The zero-order valence-corrected chi connectivity index (χ0v) is 18.6. The summed E-state index contributed by atoms with van der Waals surface area (Å²) in [6, 6.07) is 4.76. The molecular weight excluding hydrogens is 410 g/mol. The number of fused-ring (bicyclic) bond motifs is 1. The van der Waals surface area contributed by atoms with E-state index in [0.29, 0.717) is 5.75 Å². The van der Waals surface area contributed by atoms with Crippen LogP contribution in [0.4, 0.5) is 0 Å². The second-order valence-corrected chi connectivity index (χ2v) is 9.57. The van der Waals surface area contributed by atoms with Crippen molar-refractivity contribution in [2.75, 3.05) is 13.2 Å². The summed E-state index contributed by atoms with van der Waals surface area (Å²) in [4.78, 5) is 12.2. The maximum Gasteiger partial charge on any atom is 0.246 e. The van der Waals surface area contributed by atoms with Crippen molar-refractivity contribution < 1.29 is 27.2 Å². The van der Waals surface area contributed by atoms with Gasteiger partial charge in [0.2, 0.25) is 15.9 Å². The van der Waals surface area contributed by atoms with Crippen molar-refractivity contribution in [3.8, 4) is 11.5 Å². The van der Waals surface area contributed by atoms with Crippen LogP contribution in [0, 0.1) is 13.8 Å². The van der Waals surface area contributed by atoms with E-state index in [9.17, 15) is 13.2 Å². The summed E-state index contributed by atoms with van der Waals surface area (Å²) in [5, 5.41) is 6.30. The van der Waals surface area contributed by atoms with Crippen LogP contribution in [0.15, 0.2) is 27.6 Å². The summed E-state index contributed by atoms with van der Waals surface area (Å²) in [6.45, 7) is 8.95. The Balaban J connectivity index is 1.51. The third kappa shape index (κ3) is 4.76. The Labute approximate surface area is 176 Å². The average molecular weight is 438 g/mol. The zero-order chi connectivity index (χ0) is 22.1. The number of aromatic nitrogens is 1. The summed E-state index contributed by atoms with van der Waals surface area (Å²) in [6.07, 6.45) is 0.805. The monoisotopic (exact) mass is 437 g/mol. The van der Waals surface area contributed by atoms with Gasteiger partial charge in [-0.3, -0.25) is 4.79 Å². The number of nitrogens with zero attached hydrogens (tertiary/aromatic N) is 1. The lowest BCUT2D eigenvalue weighted by Gasteiger charge is -2.18. The minimum Gasteiger partial charge on any atom is -0.488 e. The number of aryl methyl sites for hydroxylation is 2. The highest BCUT2D eigenvalue weighted by molar-refractivity contribution is 7.89. The summed E-state index contributed by atoms with van der Waals surface area (Å²) in [7, 11) is -3.93. The quantitative estimate of drug-likeness (QED) is 0.605. The van der Waals surface area contributed by atoms with E-state index in [1.165, 1.54) is 20.8 Å². The Morgan fingerprint density at radius 1 is 1.33 bits per heavy atom. The molecule has 10 heteroatoms. The van der Waals surface area contributed by atoms with Gasteiger partial charge in [0.1, 0.15) is 22.8 Å². The zero-order valence-electron chi connectivity index (χ0n) is 17.7. The van der Waals surface area contributed by atoms with Gasteiger partial charge in [0.15, 0.2) is 17.3 Å². The fourth-order valence-electron chi connectivity index (χ4n) is 3.39. The molecule has 1 amide bonds. The number of carbonyl (C=O) groups excluding carboxylic acids is 1. The molecule has 2 aromatic rings. The Kier molecular flexibility index (Phi) is 6.09. The van der Waals surface area contributed by atoms with Crippen LogP contribution in [0.2, 0.25) is 0 Å². The van der Waals surface area contributed by atoms with Gasteiger partial charge in [0, 0.05) is 12.0 Å². The van der Waals surface area contributed by atoms with Crippen LogP contribution in [-0.4, -0.2) is 44.3 Å². The van der Waals surface area contributed by atoms with E-state index in [1.807, 2.05) is 32.0 Å². The van der Waals surface area contributed by atoms with Crippen LogP contribution in [0.1, 0.15) is 37.8 Å². The van der Waals surface area contributed by atoms with Crippen molar-refractivity contribution in [2.24, 2.45) is 0 Å². The largest absolute Gasteiger partial charge is 0.488 e. The molecule has 1 aromatic heterocycles. The molecular formula is C20H27N3O6S. The van der Waals surface area contributed by atoms with E-state index in [0.717, 1.165) is 17.7 Å². The van der Waals surface area contributed by atoms with Gasteiger partial charge in [-0.2, -0.15) is 4.72 Å². The topological polar surface area (TPSA) is 120 Å². The number of para-hydroxylation sites is 1. The standard InChI is InChI=1S/C20H27N3O6S/c1-12-18(14(3)29-22-12)30(25,26)23-13(2)19(24)21-9-10-27-16-8-6-7-15-11-20(4,5)28-17(15)16/h6-8,13,23H,9-11H2,1-5H3,(H,21,24)/t13-/m0/s1. The molecule has 0 saturated carbocycles. The van der Waals surface area contributed by atoms with Crippen molar-refractivity contribution in [1.29, 1.82) is 0 Å². The summed E-state index contributed by atoms with van der Waals surface area (Å²) in [5.41, 5.74) is 1.05. The van der Waals surface area contributed by atoms with E-state index in [4.69, 9.17) is 14.0 Å². The van der Waals surface area contributed by atoms with Gasteiger partial charge >= 0.3 is 0 Å². The van der Waals surface area contributed by atoms with Gasteiger partial charge in [0.25, 0.3) is 0 Å². The molecule has 0 aliphatic carbocycles. The Hall–Kier alpha value is -2.59. The number of hydrogen-bond donors (Lipinski definition) is 2. The number of rotatable bonds is 8. The Morgan fingerprint density at radius 2 is 2.07 bits per heavy atom. The molecule has 0 saturated heterocycles. The number of benzene rings is 1. The number of amides is 1. The first-order valence-electron chi connectivity index (χ1n) is 9.67. The molecule has 1 aliphatic rings. The van der Waals surface area contributed by atoms with E-state index in [1.54, 1.807) is 0 Å². The molecule has 2 heterocycles. The highest BCUT2D eigenvalue weighted by atomic mass is 32.2. The van der Waals surface area contributed by atoms with Crippen LogP contribution in [-0.2, 0) is 21.2 Å². The highest BCUT2D eigenvalue weighted by Gasteiger charge is 2.32. The highest BCUT2D eigenvalue weighted by Crippen LogP contribution is 2.41.